The van der Waals surface area contributed by atoms with E-state index in [2.05, 4.69) is 17.4 Å². The number of nitrogen functional groups attached to an aromatic ring is 1. The van der Waals surface area contributed by atoms with Crippen molar-refractivity contribution in [2.75, 3.05) is 5.73 Å². The van der Waals surface area contributed by atoms with Gasteiger partial charge in [-0.05, 0) is 81.8 Å². The maximum atomic E-state index is 12.8. The number of nitrogens with one attached hydrogen (secondary N) is 1. The molecule has 0 aromatic heterocycles. The summed E-state index contributed by atoms with van der Waals surface area (Å²) in [5, 5.41) is 2.70. The first-order valence-electron chi connectivity index (χ1n) is 10.9. The Morgan fingerprint density at radius 1 is 1.16 bits per heavy atom. The topological polar surface area (TPSA) is 90.6 Å². The van der Waals surface area contributed by atoms with Crippen molar-refractivity contribution in [1.29, 1.82) is 0 Å². The molecular weight excluding hydrogens is 424 g/mol. The van der Waals surface area contributed by atoms with Crippen LogP contribution >= 0.6 is 11.8 Å². The number of anilines is 1. The molecule has 0 radical (unpaired) electrons. The molecule has 1 aliphatic carbocycles. The molecule has 0 heterocycles. The lowest BCUT2D eigenvalue weighted by Gasteiger charge is -2.24. The predicted molar refractivity (Wildman–Crippen MR) is 127 cm³/mol. The summed E-state index contributed by atoms with van der Waals surface area (Å²) >= 11 is 1.72. The van der Waals surface area contributed by atoms with Crippen molar-refractivity contribution in [3.63, 3.8) is 0 Å². The Morgan fingerprint density at radius 2 is 1.84 bits per heavy atom. The Kier molecular flexibility index (Phi) is 7.72. The summed E-state index contributed by atoms with van der Waals surface area (Å²) < 4.78 is 11.0. The number of ether oxygens (including phenoxy) is 2. The fourth-order valence-electron chi connectivity index (χ4n) is 3.22. The lowest BCUT2D eigenvalue weighted by atomic mass is 10.1. The number of nitrogens with two attached hydrogens (primary N) is 1. The number of hydrogen-bond donors (Lipinski definition) is 2. The minimum absolute atomic E-state index is 0.102. The number of hydrogen-bond acceptors (Lipinski definition) is 6. The van der Waals surface area contributed by atoms with Crippen molar-refractivity contribution in [3.8, 4) is 0 Å². The number of carbonyl (C=O) groups is 2. The quantitative estimate of drug-likeness (QED) is 0.311. The molecule has 0 spiro atoms. The Hall–Kier alpha value is -2.67. The van der Waals surface area contributed by atoms with Crippen molar-refractivity contribution in [3.05, 3.63) is 59.7 Å². The summed E-state index contributed by atoms with van der Waals surface area (Å²) in [6, 6.07) is 15.1. The number of rotatable bonds is 8. The molecule has 2 aromatic carbocycles. The summed E-state index contributed by atoms with van der Waals surface area (Å²) in [4.78, 5) is 26.1. The van der Waals surface area contributed by atoms with Gasteiger partial charge in [0.05, 0.1) is 0 Å². The average Bonchev–Trinajstić information content (AvgIpc) is 3.55. The zero-order valence-corrected chi connectivity index (χ0v) is 19.9. The first-order valence-corrected chi connectivity index (χ1v) is 11.9. The number of alkyl carbamates (subject to hydrolysis) is 1. The van der Waals surface area contributed by atoms with E-state index in [0.29, 0.717) is 0 Å². The zero-order valence-electron chi connectivity index (χ0n) is 19.1. The third-order valence-electron chi connectivity index (χ3n) is 5.02. The molecule has 0 unspecified atom stereocenters. The van der Waals surface area contributed by atoms with Crippen LogP contribution in [0.1, 0.15) is 57.8 Å². The van der Waals surface area contributed by atoms with Crippen LogP contribution in [0, 0.1) is 5.92 Å². The van der Waals surface area contributed by atoms with Crippen molar-refractivity contribution < 1.29 is 19.1 Å². The van der Waals surface area contributed by atoms with Crippen molar-refractivity contribution in [2.45, 2.75) is 68.9 Å². The highest BCUT2D eigenvalue weighted by Crippen LogP contribution is 2.34. The molecule has 1 saturated carbocycles. The molecule has 6 nitrogen and oxygen atoms in total. The van der Waals surface area contributed by atoms with E-state index in [1.807, 2.05) is 43.3 Å². The Balaban J connectivity index is 1.58. The van der Waals surface area contributed by atoms with Crippen LogP contribution in [0.25, 0.3) is 0 Å². The molecule has 3 rings (SSSR count). The molecule has 172 valence electrons. The van der Waals surface area contributed by atoms with Gasteiger partial charge in [-0.3, -0.25) is 0 Å². The van der Waals surface area contributed by atoms with E-state index in [4.69, 9.17) is 15.2 Å². The minimum atomic E-state index is -0.684. The van der Waals surface area contributed by atoms with Gasteiger partial charge in [0.1, 0.15) is 17.7 Å². The number of carbonyl (C=O) groups excluding carboxylic acids is 2. The molecule has 0 saturated heterocycles. The van der Waals surface area contributed by atoms with E-state index in [1.54, 1.807) is 32.5 Å². The van der Waals surface area contributed by atoms with Gasteiger partial charge in [0.2, 0.25) is 0 Å². The molecule has 1 amide bonds. The van der Waals surface area contributed by atoms with Crippen LogP contribution in [0.5, 0.6) is 0 Å². The number of thioether (sulfide) groups is 1. The molecule has 2 aromatic rings. The van der Waals surface area contributed by atoms with Crippen LogP contribution in [-0.4, -0.2) is 23.7 Å². The van der Waals surface area contributed by atoms with E-state index in [-0.39, 0.29) is 5.92 Å². The van der Waals surface area contributed by atoms with E-state index >= 15 is 0 Å². The highest BCUT2D eigenvalue weighted by molar-refractivity contribution is 7.98. The summed E-state index contributed by atoms with van der Waals surface area (Å²) in [6.45, 7) is 7.22. The van der Waals surface area contributed by atoms with Crippen LogP contribution in [0.2, 0.25) is 0 Å². The van der Waals surface area contributed by atoms with Gasteiger partial charge in [0, 0.05) is 16.3 Å². The first kappa shape index (κ1) is 24.0. The molecule has 0 aliphatic heterocycles. The third kappa shape index (κ3) is 7.48. The van der Waals surface area contributed by atoms with Crippen LogP contribution in [0.3, 0.4) is 0 Å². The summed E-state index contributed by atoms with van der Waals surface area (Å²) in [6.07, 6.45) is 0.759. The highest BCUT2D eigenvalue weighted by atomic mass is 32.2. The fraction of sp³-hybridized carbons (Fsp3) is 0.440. The maximum Gasteiger partial charge on any atom is 0.408 e. The molecule has 32 heavy (non-hydrogen) atoms. The molecule has 1 fully saturated rings. The second kappa shape index (κ2) is 10.3. The van der Waals surface area contributed by atoms with Gasteiger partial charge in [0.15, 0.2) is 0 Å². The molecule has 3 N–H and O–H groups in total. The van der Waals surface area contributed by atoms with Crippen LogP contribution < -0.4 is 11.1 Å². The fourth-order valence-corrected chi connectivity index (χ4v) is 4.06. The lowest BCUT2D eigenvalue weighted by Crippen LogP contribution is -2.45. The lowest BCUT2D eigenvalue weighted by molar-refractivity contribution is -0.151. The van der Waals surface area contributed by atoms with E-state index in [9.17, 15) is 9.59 Å². The summed E-state index contributed by atoms with van der Waals surface area (Å²) in [7, 11) is 0. The molecule has 0 bridgehead atoms. The van der Waals surface area contributed by atoms with Crippen molar-refractivity contribution in [2.24, 2.45) is 5.92 Å². The normalized spacial score (nSPS) is 15.5. The van der Waals surface area contributed by atoms with Gasteiger partial charge in [-0.2, -0.15) is 0 Å². The molecule has 7 heteroatoms. The van der Waals surface area contributed by atoms with Gasteiger partial charge in [-0.1, -0.05) is 24.3 Å². The molecule has 1 aliphatic rings. The standard InChI is InChI=1S/C25H32N2O4S/c1-16(30-23(28)22(18-8-9-18)27-24(29)31-25(2,3)4)19-7-5-6-17(14-19)15-32-21-12-10-20(26)11-13-21/h5-7,10-14,16,18,22H,8-9,15,26H2,1-4H3,(H,27,29)/t16-,22+/m1/s1. The molecule has 2 atom stereocenters. The van der Waals surface area contributed by atoms with Crippen LogP contribution in [-0.2, 0) is 20.0 Å². The SMILES string of the molecule is C[C@@H](OC(=O)[C@@H](NC(=O)OC(C)(C)C)C1CC1)c1cccc(CSc2ccc(N)cc2)c1. The summed E-state index contributed by atoms with van der Waals surface area (Å²) in [5.41, 5.74) is 7.92. The first-order chi connectivity index (χ1) is 15.1. The third-order valence-corrected chi connectivity index (χ3v) is 6.10. The van der Waals surface area contributed by atoms with E-state index < -0.39 is 29.8 Å². The Morgan fingerprint density at radius 3 is 2.47 bits per heavy atom. The maximum absolute atomic E-state index is 12.8. The van der Waals surface area contributed by atoms with Crippen molar-refractivity contribution in [1.82, 2.24) is 5.32 Å². The number of benzene rings is 2. The monoisotopic (exact) mass is 456 g/mol. The van der Waals surface area contributed by atoms with Crippen LogP contribution in [0.15, 0.2) is 53.4 Å². The zero-order chi connectivity index (χ0) is 23.3. The minimum Gasteiger partial charge on any atom is -0.456 e. The highest BCUT2D eigenvalue weighted by Gasteiger charge is 2.39. The van der Waals surface area contributed by atoms with E-state index in [0.717, 1.165) is 40.3 Å². The van der Waals surface area contributed by atoms with Gasteiger partial charge < -0.3 is 20.5 Å². The Bertz CT molecular complexity index is 936. The van der Waals surface area contributed by atoms with Gasteiger partial charge >= 0.3 is 12.1 Å². The van der Waals surface area contributed by atoms with Crippen molar-refractivity contribution >= 4 is 29.5 Å². The number of esters is 1. The van der Waals surface area contributed by atoms with Gasteiger partial charge in [-0.25, -0.2) is 9.59 Å². The average molecular weight is 457 g/mol. The smallest absolute Gasteiger partial charge is 0.408 e. The largest absolute Gasteiger partial charge is 0.456 e. The second-order valence-electron chi connectivity index (χ2n) is 9.14. The Labute approximate surface area is 194 Å². The van der Waals surface area contributed by atoms with Crippen LogP contribution in [0.4, 0.5) is 10.5 Å². The predicted octanol–water partition coefficient (Wildman–Crippen LogP) is 5.47. The van der Waals surface area contributed by atoms with Gasteiger partial charge in [0.25, 0.3) is 0 Å². The van der Waals surface area contributed by atoms with Gasteiger partial charge in [-0.15, -0.1) is 11.8 Å². The summed E-state index contributed by atoms with van der Waals surface area (Å²) in [5.74, 6) is 0.473. The van der Waals surface area contributed by atoms with E-state index in [1.165, 1.54) is 0 Å². The number of amides is 1. The molecular formula is C25H32N2O4S. The second-order valence-corrected chi connectivity index (χ2v) is 10.2.